The third-order valence-corrected chi connectivity index (χ3v) is 17.2. The number of methoxy groups -OCH3 is 3. The number of rotatable bonds is 10. The minimum Gasteiger partial charge on any atom is -0.496 e. The number of nitrogens with one attached hydrogen (secondary N) is 2. The molecule has 1 aliphatic carbocycles. The van der Waals surface area contributed by atoms with Gasteiger partial charge in [-0.25, -0.2) is 9.59 Å². The van der Waals surface area contributed by atoms with Crippen LogP contribution in [0.3, 0.4) is 0 Å². The molecule has 3 aromatic rings. The molecule has 16 heteroatoms. The van der Waals surface area contributed by atoms with Crippen molar-refractivity contribution in [3.05, 3.63) is 76.5 Å². The maximum absolute atomic E-state index is 15.7. The fraction of sp³-hybridized carbons (Fsp3) is 0.593. The fourth-order valence-corrected chi connectivity index (χ4v) is 14.7. The lowest BCUT2D eigenvalue weighted by Crippen LogP contribution is -2.75. The van der Waals surface area contributed by atoms with Crippen LogP contribution >= 0.6 is 0 Å². The predicted octanol–water partition coefficient (Wildman–Crippen LogP) is 5.89. The van der Waals surface area contributed by atoms with Crippen LogP contribution in [-0.4, -0.2) is 146 Å². The Balaban J connectivity index is 1.20. The van der Waals surface area contributed by atoms with Crippen molar-refractivity contribution in [3.8, 4) is 5.75 Å². The van der Waals surface area contributed by atoms with Gasteiger partial charge in [-0.15, -0.1) is 0 Å². The minimum absolute atomic E-state index is 0.146. The van der Waals surface area contributed by atoms with Gasteiger partial charge in [-0.1, -0.05) is 44.2 Å². The number of hydrogen-bond donors (Lipinski definition) is 3. The molecule has 3 N–H and O–H groups in total. The average molecular weight is 964 g/mol. The van der Waals surface area contributed by atoms with E-state index in [1.807, 2.05) is 70.0 Å². The number of likely N-dealkylation sites (N-methyl/N-ethyl adjacent to an activating group) is 1. The van der Waals surface area contributed by atoms with Gasteiger partial charge < -0.3 is 48.7 Å². The summed E-state index contributed by atoms with van der Waals surface area (Å²) in [6, 6.07) is 9.97. The molecule has 10 rings (SSSR count). The highest BCUT2D eigenvalue weighted by atomic mass is 16.7. The maximum atomic E-state index is 15.7. The standard InChI is InChI=1S/C54H69N5O11/c1-11-49(64)28-34-29-51(45(61)66-9,42-35(18-23-58(30-34)31-49)36-25-33(16-17-39(36)56-42)15-13-21-55-47(63)69-48(4,5)6)38-26-37-40(27-41(38)65-8)57(7)54-52(37)20-24-59-22-14-19-50(12-2,43(52)59)44(68-32(3)60)53(54,70-54)46(62)67-10/h13-17,19,25-27,34,43-44,56,64H,11-12,18,20-24,28-31H2,1-10H3,(H,55,63)/b15-13+/t34-,43+,44-,49+,50-,51+,52-,53+,54+/m1/s1. The number of carbonyl (C=O) groups excluding carboxylic acids is 4. The molecule has 7 aliphatic rings. The molecule has 10 atom stereocenters. The summed E-state index contributed by atoms with van der Waals surface area (Å²) in [5.74, 6) is -1.29. The number of benzene rings is 2. The van der Waals surface area contributed by atoms with Gasteiger partial charge in [0.25, 0.3) is 5.60 Å². The first-order valence-corrected chi connectivity index (χ1v) is 24.9. The molecule has 2 bridgehead atoms. The molecule has 376 valence electrons. The lowest BCUT2D eigenvalue weighted by molar-refractivity contribution is -0.178. The Morgan fingerprint density at radius 2 is 1.77 bits per heavy atom. The van der Waals surface area contributed by atoms with Gasteiger partial charge in [-0.2, -0.15) is 0 Å². The van der Waals surface area contributed by atoms with Crippen LogP contribution in [0.5, 0.6) is 5.75 Å². The highest BCUT2D eigenvalue weighted by Crippen LogP contribution is 2.80. The fourth-order valence-electron chi connectivity index (χ4n) is 14.7. The minimum atomic E-state index is -1.70. The number of carbonyl (C=O) groups is 4. The van der Waals surface area contributed by atoms with E-state index in [1.54, 1.807) is 7.11 Å². The van der Waals surface area contributed by atoms with Gasteiger partial charge in [0.1, 0.15) is 16.8 Å². The van der Waals surface area contributed by atoms with E-state index in [1.165, 1.54) is 21.1 Å². The summed E-state index contributed by atoms with van der Waals surface area (Å²) in [5.41, 5.74) is -2.19. The molecule has 1 amide bonds. The van der Waals surface area contributed by atoms with E-state index in [9.17, 15) is 19.5 Å². The molecule has 0 radical (unpaired) electrons. The van der Waals surface area contributed by atoms with Gasteiger partial charge >= 0.3 is 24.0 Å². The van der Waals surface area contributed by atoms with Crippen molar-refractivity contribution >= 4 is 46.7 Å². The topological polar surface area (TPSA) is 185 Å². The van der Waals surface area contributed by atoms with E-state index in [4.69, 9.17) is 28.4 Å². The molecular weight excluding hydrogens is 895 g/mol. The summed E-state index contributed by atoms with van der Waals surface area (Å²) in [6.07, 6.45) is 9.60. The van der Waals surface area contributed by atoms with E-state index in [2.05, 4.69) is 51.3 Å². The molecule has 70 heavy (non-hydrogen) atoms. The molecular formula is C54H69N5O11. The lowest BCUT2D eigenvalue weighted by Gasteiger charge is -2.58. The molecule has 2 spiro atoms. The highest BCUT2D eigenvalue weighted by molar-refractivity contribution is 5.96. The van der Waals surface area contributed by atoms with Gasteiger partial charge in [0.05, 0.1) is 32.3 Å². The first-order valence-electron chi connectivity index (χ1n) is 24.9. The summed E-state index contributed by atoms with van der Waals surface area (Å²) < 4.78 is 37.1. The predicted molar refractivity (Wildman–Crippen MR) is 262 cm³/mol. The normalized spacial score (nSPS) is 34.8. The summed E-state index contributed by atoms with van der Waals surface area (Å²) in [6.45, 7) is 14.4. The zero-order valence-electron chi connectivity index (χ0n) is 42.3. The Bertz CT molecular complexity index is 2730. The number of alkyl carbamates (subject to hydrolysis) is 1. The number of ether oxygens (including phenoxy) is 6. The van der Waals surface area contributed by atoms with Crippen LogP contribution in [0.1, 0.15) is 102 Å². The number of anilines is 1. The Morgan fingerprint density at radius 3 is 2.46 bits per heavy atom. The van der Waals surface area contributed by atoms with Gasteiger partial charge in [0, 0.05) is 92.1 Å². The largest absolute Gasteiger partial charge is 0.496 e. The molecule has 1 unspecified atom stereocenters. The summed E-state index contributed by atoms with van der Waals surface area (Å²) in [4.78, 5) is 66.6. The first kappa shape index (κ1) is 48.2. The molecule has 16 nitrogen and oxygen atoms in total. The molecule has 7 heterocycles. The van der Waals surface area contributed by atoms with Crippen LogP contribution in [0, 0.1) is 11.3 Å². The second-order valence-corrected chi connectivity index (χ2v) is 21.9. The van der Waals surface area contributed by atoms with Gasteiger partial charge in [-0.05, 0) is 107 Å². The third kappa shape index (κ3) is 6.53. The van der Waals surface area contributed by atoms with Crippen molar-refractivity contribution in [1.82, 2.24) is 20.1 Å². The van der Waals surface area contributed by atoms with E-state index >= 15 is 4.79 Å². The van der Waals surface area contributed by atoms with E-state index in [0.29, 0.717) is 88.3 Å². The molecule has 1 aromatic heterocycles. The highest BCUT2D eigenvalue weighted by Gasteiger charge is 2.98. The van der Waals surface area contributed by atoms with Crippen molar-refractivity contribution in [2.24, 2.45) is 11.3 Å². The number of aromatic nitrogens is 1. The smallest absolute Gasteiger partial charge is 0.407 e. The van der Waals surface area contributed by atoms with Crippen LogP contribution in [0.2, 0.25) is 0 Å². The van der Waals surface area contributed by atoms with Crippen molar-refractivity contribution in [1.29, 1.82) is 0 Å². The second kappa shape index (κ2) is 16.6. The molecule has 6 aliphatic heterocycles. The van der Waals surface area contributed by atoms with Crippen LogP contribution in [0.15, 0.2) is 48.6 Å². The molecule has 2 aromatic carbocycles. The Hall–Kier alpha value is -5.42. The number of amides is 1. The monoisotopic (exact) mass is 963 g/mol. The van der Waals surface area contributed by atoms with Crippen LogP contribution in [0.25, 0.3) is 17.0 Å². The molecule has 3 saturated heterocycles. The zero-order valence-corrected chi connectivity index (χ0v) is 42.3. The first-order chi connectivity index (χ1) is 33.3. The van der Waals surface area contributed by atoms with Crippen LogP contribution < -0.4 is 15.0 Å². The molecule has 1 saturated carbocycles. The van der Waals surface area contributed by atoms with Gasteiger partial charge in [0.15, 0.2) is 11.8 Å². The number of esters is 3. The SMILES string of the molecule is CC[C@]1(O)C[C@H]2CN(CCc3c([nH]c4ccc(/C=C/CNC(=O)OC(C)(C)C)cc34)[C@@](C(=O)OC)(c3cc4c(cc3OC)N(C)[C@@]35O[C@]3(C(=O)OC)[C@H](OC(C)=O)[C@]3(CC)C=CCN6CC[C@]45[C@@H]63)C2)C1. The molecule has 4 fully saturated rings. The summed E-state index contributed by atoms with van der Waals surface area (Å²) in [5, 5.41) is 15.9. The quantitative estimate of drug-likeness (QED) is 0.0946. The number of epoxide rings is 1. The summed E-state index contributed by atoms with van der Waals surface area (Å²) in [7, 11) is 6.32. The van der Waals surface area contributed by atoms with Crippen molar-refractivity contribution in [2.45, 2.75) is 126 Å². The van der Waals surface area contributed by atoms with Gasteiger partial charge in [-0.3, -0.25) is 19.4 Å². The van der Waals surface area contributed by atoms with E-state index in [0.717, 1.165) is 33.3 Å². The van der Waals surface area contributed by atoms with Crippen LogP contribution in [0.4, 0.5) is 10.5 Å². The van der Waals surface area contributed by atoms with Crippen LogP contribution in [-0.2, 0) is 55.3 Å². The Morgan fingerprint density at radius 1 is 1.00 bits per heavy atom. The van der Waals surface area contributed by atoms with Crippen molar-refractivity contribution in [2.75, 3.05) is 72.5 Å². The Kier molecular flexibility index (Phi) is 11.4. The number of nitrogens with zero attached hydrogens (tertiary/aromatic N) is 3. The zero-order chi connectivity index (χ0) is 50.0. The van der Waals surface area contributed by atoms with E-state index in [-0.39, 0.29) is 18.5 Å². The number of aliphatic hydroxyl groups is 1. The number of aromatic amines is 1. The second-order valence-electron chi connectivity index (χ2n) is 21.9. The maximum Gasteiger partial charge on any atom is 0.407 e. The number of fused-ring (bicyclic) bond motifs is 6. The number of H-pyrrole nitrogens is 1. The number of piperidine rings is 1. The van der Waals surface area contributed by atoms with E-state index < -0.39 is 68.9 Å². The average Bonchev–Trinajstić information content (AvgIpc) is 3.57. The van der Waals surface area contributed by atoms with Crippen molar-refractivity contribution in [3.63, 3.8) is 0 Å². The third-order valence-electron chi connectivity index (χ3n) is 17.2. The Labute approximate surface area is 410 Å². The number of hydrogen-bond acceptors (Lipinski definition) is 14. The van der Waals surface area contributed by atoms with Crippen molar-refractivity contribution < 1.29 is 52.7 Å². The summed E-state index contributed by atoms with van der Waals surface area (Å²) >= 11 is 0. The van der Waals surface area contributed by atoms with Gasteiger partial charge in [0.2, 0.25) is 0 Å². The lowest BCUT2D eigenvalue weighted by atomic mass is 9.49.